The van der Waals surface area contributed by atoms with Crippen molar-refractivity contribution in [3.05, 3.63) is 23.0 Å². The number of phenols is 1. The highest BCUT2D eigenvalue weighted by Gasteiger charge is 2.14. The summed E-state index contributed by atoms with van der Waals surface area (Å²) in [5.74, 6) is -1.15. The third-order valence-corrected chi connectivity index (χ3v) is 2.75. The zero-order chi connectivity index (χ0) is 10.8. The summed E-state index contributed by atoms with van der Waals surface area (Å²) < 4.78 is 13.1. The molecule has 1 aromatic carbocycles. The number of rotatable bonds is 1. The van der Waals surface area contributed by atoms with Crippen LogP contribution < -0.4 is 10.2 Å². The summed E-state index contributed by atoms with van der Waals surface area (Å²) in [6.45, 7) is 3.44. The number of nitrogens with one attached hydrogen (secondary N) is 1. The zero-order valence-corrected chi connectivity index (χ0v) is 8.89. The van der Waals surface area contributed by atoms with Crippen molar-refractivity contribution in [1.82, 2.24) is 5.32 Å². The summed E-state index contributed by atoms with van der Waals surface area (Å²) in [6, 6.07) is 2.95. The second-order valence-corrected chi connectivity index (χ2v) is 3.90. The topological polar surface area (TPSA) is 35.5 Å². The van der Waals surface area contributed by atoms with Crippen molar-refractivity contribution in [3.8, 4) is 5.75 Å². The van der Waals surface area contributed by atoms with Crippen molar-refractivity contribution in [1.29, 1.82) is 0 Å². The van der Waals surface area contributed by atoms with Gasteiger partial charge in [0.1, 0.15) is 0 Å². The Morgan fingerprint density at radius 3 is 2.60 bits per heavy atom. The van der Waals surface area contributed by atoms with Gasteiger partial charge in [0.25, 0.3) is 0 Å². The van der Waals surface area contributed by atoms with Gasteiger partial charge < -0.3 is 15.3 Å². The Balaban J connectivity index is 2.27. The summed E-state index contributed by atoms with van der Waals surface area (Å²) in [7, 11) is 0. The van der Waals surface area contributed by atoms with E-state index in [0.29, 0.717) is 0 Å². The molecule has 2 N–H and O–H groups in total. The molecular weight excluding hydrogens is 219 g/mol. The average Bonchev–Trinajstić information content (AvgIpc) is 2.26. The molecular formula is C10H12ClFN2O. The predicted molar refractivity (Wildman–Crippen MR) is 58.2 cm³/mol. The first-order chi connectivity index (χ1) is 7.18. The van der Waals surface area contributed by atoms with Crippen LogP contribution in [0.15, 0.2) is 12.1 Å². The molecule has 1 saturated heterocycles. The van der Waals surface area contributed by atoms with Gasteiger partial charge >= 0.3 is 0 Å². The Hall–Kier alpha value is -1.00. The Morgan fingerprint density at radius 1 is 1.33 bits per heavy atom. The van der Waals surface area contributed by atoms with Crippen LogP contribution in [-0.2, 0) is 0 Å². The Bertz CT molecular complexity index is 343. The SMILES string of the molecule is Oc1cc(N2CCNCC2)cc(Cl)c1F. The van der Waals surface area contributed by atoms with E-state index >= 15 is 0 Å². The molecule has 1 aliphatic heterocycles. The third-order valence-electron chi connectivity index (χ3n) is 2.48. The lowest BCUT2D eigenvalue weighted by Crippen LogP contribution is -2.43. The lowest BCUT2D eigenvalue weighted by Gasteiger charge is -2.29. The van der Waals surface area contributed by atoms with Gasteiger partial charge in [-0.15, -0.1) is 0 Å². The number of anilines is 1. The van der Waals surface area contributed by atoms with Crippen LogP contribution in [0.4, 0.5) is 10.1 Å². The van der Waals surface area contributed by atoms with E-state index in [9.17, 15) is 9.50 Å². The molecule has 0 amide bonds. The van der Waals surface area contributed by atoms with Crippen LogP contribution in [0.2, 0.25) is 5.02 Å². The van der Waals surface area contributed by atoms with Gasteiger partial charge in [-0.05, 0) is 6.07 Å². The van der Waals surface area contributed by atoms with E-state index in [1.54, 1.807) is 6.07 Å². The fourth-order valence-electron chi connectivity index (χ4n) is 1.67. The molecule has 0 aromatic heterocycles. The first-order valence-corrected chi connectivity index (χ1v) is 5.20. The largest absolute Gasteiger partial charge is 0.505 e. The van der Waals surface area contributed by atoms with Gasteiger partial charge in [-0.1, -0.05) is 11.6 Å². The number of benzene rings is 1. The molecule has 1 aromatic rings. The van der Waals surface area contributed by atoms with Gasteiger partial charge in [-0.25, -0.2) is 4.39 Å². The molecule has 0 saturated carbocycles. The van der Waals surface area contributed by atoms with Crippen molar-refractivity contribution < 1.29 is 9.50 Å². The molecule has 2 rings (SSSR count). The summed E-state index contributed by atoms with van der Waals surface area (Å²) in [5.41, 5.74) is 0.764. The highest BCUT2D eigenvalue weighted by Crippen LogP contribution is 2.30. The molecule has 5 heteroatoms. The molecule has 1 heterocycles. The van der Waals surface area contributed by atoms with Crippen molar-refractivity contribution in [2.45, 2.75) is 0 Å². The maximum Gasteiger partial charge on any atom is 0.183 e. The number of nitrogens with zero attached hydrogens (tertiary/aromatic N) is 1. The van der Waals surface area contributed by atoms with Crippen LogP contribution in [0.1, 0.15) is 0 Å². The van der Waals surface area contributed by atoms with Crippen LogP contribution in [0.5, 0.6) is 5.75 Å². The quantitative estimate of drug-likeness (QED) is 0.769. The molecule has 0 radical (unpaired) electrons. The molecule has 3 nitrogen and oxygen atoms in total. The van der Waals surface area contributed by atoms with Gasteiger partial charge in [0.2, 0.25) is 0 Å². The highest BCUT2D eigenvalue weighted by atomic mass is 35.5. The second-order valence-electron chi connectivity index (χ2n) is 3.50. The van der Waals surface area contributed by atoms with E-state index in [0.717, 1.165) is 31.9 Å². The highest BCUT2D eigenvalue weighted by molar-refractivity contribution is 6.31. The van der Waals surface area contributed by atoms with Crippen LogP contribution in [-0.4, -0.2) is 31.3 Å². The molecule has 0 unspecified atom stereocenters. The van der Waals surface area contributed by atoms with Crippen LogP contribution in [0, 0.1) is 5.82 Å². The van der Waals surface area contributed by atoms with Gasteiger partial charge in [0, 0.05) is 37.9 Å². The predicted octanol–water partition coefficient (Wildman–Crippen LogP) is 1.59. The zero-order valence-electron chi connectivity index (χ0n) is 8.13. The fourth-order valence-corrected chi connectivity index (χ4v) is 1.87. The molecule has 0 bridgehead atoms. The van der Waals surface area contributed by atoms with Gasteiger partial charge in [-0.2, -0.15) is 0 Å². The van der Waals surface area contributed by atoms with Crippen molar-refractivity contribution >= 4 is 17.3 Å². The smallest absolute Gasteiger partial charge is 0.183 e. The van der Waals surface area contributed by atoms with Crippen LogP contribution in [0.25, 0.3) is 0 Å². The first-order valence-electron chi connectivity index (χ1n) is 4.82. The van der Waals surface area contributed by atoms with E-state index in [-0.39, 0.29) is 5.02 Å². The van der Waals surface area contributed by atoms with Crippen molar-refractivity contribution in [2.75, 3.05) is 31.1 Å². The Kier molecular flexibility index (Phi) is 2.98. The molecule has 0 atom stereocenters. The number of aromatic hydroxyl groups is 1. The standard InChI is InChI=1S/C10H12ClFN2O/c11-8-5-7(6-9(15)10(8)12)14-3-1-13-2-4-14/h5-6,13,15H,1-4H2. The number of hydrogen-bond donors (Lipinski definition) is 2. The van der Waals surface area contributed by atoms with Crippen molar-refractivity contribution in [3.63, 3.8) is 0 Å². The second kappa shape index (κ2) is 4.24. The monoisotopic (exact) mass is 230 g/mol. The summed E-state index contributed by atoms with van der Waals surface area (Å²) in [4.78, 5) is 2.06. The van der Waals surface area contributed by atoms with E-state index < -0.39 is 11.6 Å². The van der Waals surface area contributed by atoms with Gasteiger partial charge in [0.05, 0.1) is 5.02 Å². The number of piperazine rings is 1. The Labute approximate surface area is 92.5 Å². The van der Waals surface area contributed by atoms with Crippen LogP contribution in [0.3, 0.4) is 0 Å². The van der Waals surface area contributed by atoms with Crippen molar-refractivity contribution in [2.24, 2.45) is 0 Å². The summed E-state index contributed by atoms with van der Waals surface area (Å²) in [5, 5.41) is 12.5. The fraction of sp³-hybridized carbons (Fsp3) is 0.400. The number of phenolic OH excluding ortho intramolecular Hbond substituents is 1. The number of halogens is 2. The average molecular weight is 231 g/mol. The van der Waals surface area contributed by atoms with Gasteiger partial charge in [0.15, 0.2) is 11.6 Å². The third kappa shape index (κ3) is 2.16. The maximum absolute atomic E-state index is 13.1. The molecule has 1 fully saturated rings. The van der Waals surface area contributed by atoms with Crippen LogP contribution >= 0.6 is 11.6 Å². The minimum Gasteiger partial charge on any atom is -0.505 e. The maximum atomic E-state index is 13.1. The Morgan fingerprint density at radius 2 is 2.00 bits per heavy atom. The lowest BCUT2D eigenvalue weighted by atomic mass is 10.2. The summed E-state index contributed by atoms with van der Waals surface area (Å²) >= 11 is 5.66. The molecule has 0 spiro atoms. The molecule has 1 aliphatic rings. The van der Waals surface area contributed by atoms with Gasteiger partial charge in [-0.3, -0.25) is 0 Å². The summed E-state index contributed by atoms with van der Waals surface area (Å²) in [6.07, 6.45) is 0. The number of hydrogen-bond acceptors (Lipinski definition) is 3. The minimum absolute atomic E-state index is 0.0384. The van der Waals surface area contributed by atoms with E-state index in [1.807, 2.05) is 0 Å². The molecule has 15 heavy (non-hydrogen) atoms. The lowest BCUT2D eigenvalue weighted by molar-refractivity contribution is 0.432. The first kappa shape index (κ1) is 10.5. The van der Waals surface area contributed by atoms with E-state index in [2.05, 4.69) is 10.2 Å². The minimum atomic E-state index is -0.754. The van der Waals surface area contributed by atoms with E-state index in [4.69, 9.17) is 11.6 Å². The normalized spacial score (nSPS) is 16.8. The van der Waals surface area contributed by atoms with E-state index in [1.165, 1.54) is 6.07 Å². The molecule has 0 aliphatic carbocycles. The molecule has 82 valence electrons.